The Morgan fingerprint density at radius 2 is 2.06 bits per heavy atom. The number of rotatable bonds is 2. The Morgan fingerprint density at radius 1 is 1.22 bits per heavy atom. The van der Waals surface area contributed by atoms with Gasteiger partial charge in [-0.3, -0.25) is 4.90 Å². The van der Waals surface area contributed by atoms with Crippen LogP contribution < -0.4 is 5.32 Å². The first kappa shape index (κ1) is 12.9. The highest BCUT2D eigenvalue weighted by atomic mass is 16.5. The number of nitrogens with one attached hydrogen (secondary N) is 1. The SMILES string of the molecule is CN1CCN(C[C@H]2CCC[C@]3(CCNC3)O2)CC1. The lowest BCUT2D eigenvalue weighted by molar-refractivity contribution is -0.126. The molecule has 1 spiro atoms. The molecule has 0 bridgehead atoms. The molecule has 3 rings (SSSR count). The van der Waals surface area contributed by atoms with Crippen molar-refractivity contribution in [2.75, 3.05) is 52.9 Å². The van der Waals surface area contributed by atoms with Crippen molar-refractivity contribution in [1.82, 2.24) is 15.1 Å². The van der Waals surface area contributed by atoms with Crippen molar-refractivity contribution in [3.8, 4) is 0 Å². The van der Waals surface area contributed by atoms with Crippen LogP contribution in [0, 0.1) is 0 Å². The van der Waals surface area contributed by atoms with Gasteiger partial charge < -0.3 is 15.0 Å². The van der Waals surface area contributed by atoms with Crippen LogP contribution >= 0.6 is 0 Å². The van der Waals surface area contributed by atoms with Crippen LogP contribution in [0.4, 0.5) is 0 Å². The molecule has 3 fully saturated rings. The molecule has 0 aromatic heterocycles. The zero-order valence-corrected chi connectivity index (χ0v) is 11.7. The maximum atomic E-state index is 6.45. The van der Waals surface area contributed by atoms with Crippen molar-refractivity contribution in [1.29, 1.82) is 0 Å². The van der Waals surface area contributed by atoms with E-state index in [9.17, 15) is 0 Å². The molecule has 0 aromatic carbocycles. The van der Waals surface area contributed by atoms with Crippen LogP contribution in [-0.4, -0.2) is 74.4 Å². The summed E-state index contributed by atoms with van der Waals surface area (Å²) in [4.78, 5) is 5.01. The van der Waals surface area contributed by atoms with E-state index in [0.29, 0.717) is 6.10 Å². The van der Waals surface area contributed by atoms with Gasteiger partial charge in [-0.15, -0.1) is 0 Å². The summed E-state index contributed by atoms with van der Waals surface area (Å²) in [5, 5.41) is 3.47. The van der Waals surface area contributed by atoms with Crippen LogP contribution in [0.5, 0.6) is 0 Å². The van der Waals surface area contributed by atoms with E-state index in [2.05, 4.69) is 22.2 Å². The van der Waals surface area contributed by atoms with Gasteiger partial charge in [-0.25, -0.2) is 0 Å². The smallest absolute Gasteiger partial charge is 0.0822 e. The third-order valence-electron chi connectivity index (χ3n) is 4.84. The molecule has 0 saturated carbocycles. The number of hydrogen-bond acceptors (Lipinski definition) is 4. The Bertz CT molecular complexity index is 270. The van der Waals surface area contributed by atoms with Gasteiger partial charge in [-0.1, -0.05) is 0 Å². The van der Waals surface area contributed by atoms with Crippen molar-refractivity contribution in [2.45, 2.75) is 37.4 Å². The largest absolute Gasteiger partial charge is 0.369 e. The fourth-order valence-electron chi connectivity index (χ4n) is 3.61. The molecule has 0 amide bonds. The van der Waals surface area contributed by atoms with Crippen molar-refractivity contribution >= 4 is 0 Å². The van der Waals surface area contributed by atoms with Crippen LogP contribution in [0.3, 0.4) is 0 Å². The normalized spacial score (nSPS) is 39.5. The molecular formula is C14H27N3O. The van der Waals surface area contributed by atoms with Gasteiger partial charge in [0.05, 0.1) is 11.7 Å². The van der Waals surface area contributed by atoms with Crippen LogP contribution in [-0.2, 0) is 4.74 Å². The fourth-order valence-corrected chi connectivity index (χ4v) is 3.61. The second-order valence-electron chi connectivity index (χ2n) is 6.35. The first-order valence-corrected chi connectivity index (χ1v) is 7.55. The maximum Gasteiger partial charge on any atom is 0.0822 e. The molecule has 104 valence electrons. The molecule has 3 heterocycles. The average molecular weight is 253 g/mol. The third-order valence-corrected chi connectivity index (χ3v) is 4.84. The minimum absolute atomic E-state index is 0.190. The predicted octanol–water partition coefficient (Wildman–Crippen LogP) is 0.535. The molecule has 0 radical (unpaired) electrons. The number of piperazine rings is 1. The highest BCUT2D eigenvalue weighted by molar-refractivity contribution is 4.94. The zero-order chi connectivity index (χ0) is 12.4. The van der Waals surface area contributed by atoms with Crippen LogP contribution in [0.15, 0.2) is 0 Å². The lowest BCUT2D eigenvalue weighted by atomic mass is 9.90. The molecule has 4 heteroatoms. The standard InChI is InChI=1S/C14H27N3O/c1-16-7-9-17(10-8-16)11-13-3-2-4-14(18-13)5-6-15-12-14/h13,15H,2-12H2,1H3/t13-,14-/m1/s1. The number of nitrogens with zero attached hydrogens (tertiary/aromatic N) is 2. The Morgan fingerprint density at radius 3 is 2.78 bits per heavy atom. The molecule has 0 aromatic rings. The quantitative estimate of drug-likeness (QED) is 0.777. The molecule has 3 aliphatic rings. The molecule has 1 N–H and O–H groups in total. The maximum absolute atomic E-state index is 6.45. The zero-order valence-electron chi connectivity index (χ0n) is 11.7. The van der Waals surface area contributed by atoms with Crippen LogP contribution in [0.25, 0.3) is 0 Å². The predicted molar refractivity (Wildman–Crippen MR) is 72.9 cm³/mol. The molecule has 2 atom stereocenters. The van der Waals surface area contributed by atoms with E-state index in [1.807, 2.05) is 0 Å². The van der Waals surface area contributed by atoms with Gasteiger partial charge in [0.1, 0.15) is 0 Å². The second kappa shape index (κ2) is 5.45. The molecular weight excluding hydrogens is 226 g/mol. The summed E-state index contributed by atoms with van der Waals surface area (Å²) >= 11 is 0. The summed E-state index contributed by atoms with van der Waals surface area (Å²) in [6, 6.07) is 0. The van der Waals surface area contributed by atoms with Gasteiger partial charge >= 0.3 is 0 Å². The molecule has 3 aliphatic heterocycles. The highest BCUT2D eigenvalue weighted by Gasteiger charge is 2.40. The van der Waals surface area contributed by atoms with E-state index in [-0.39, 0.29) is 5.60 Å². The van der Waals surface area contributed by atoms with E-state index in [1.54, 1.807) is 0 Å². The summed E-state index contributed by atoms with van der Waals surface area (Å²) in [5.74, 6) is 0. The highest BCUT2D eigenvalue weighted by Crippen LogP contribution is 2.33. The monoisotopic (exact) mass is 253 g/mol. The summed E-state index contributed by atoms with van der Waals surface area (Å²) in [6.45, 7) is 8.20. The summed E-state index contributed by atoms with van der Waals surface area (Å²) in [5.41, 5.74) is 0.190. The van der Waals surface area contributed by atoms with Crippen LogP contribution in [0.2, 0.25) is 0 Å². The van der Waals surface area contributed by atoms with Crippen molar-refractivity contribution < 1.29 is 4.74 Å². The molecule has 0 unspecified atom stereocenters. The van der Waals surface area contributed by atoms with E-state index < -0.39 is 0 Å². The average Bonchev–Trinajstić information content (AvgIpc) is 2.80. The third kappa shape index (κ3) is 2.87. The van der Waals surface area contributed by atoms with Crippen molar-refractivity contribution in [3.63, 3.8) is 0 Å². The van der Waals surface area contributed by atoms with E-state index >= 15 is 0 Å². The van der Waals surface area contributed by atoms with Gasteiger partial charge in [-0.2, -0.15) is 0 Å². The van der Waals surface area contributed by atoms with Crippen LogP contribution in [0.1, 0.15) is 25.7 Å². The molecule has 4 nitrogen and oxygen atoms in total. The summed E-state index contributed by atoms with van der Waals surface area (Å²) in [7, 11) is 2.22. The van der Waals surface area contributed by atoms with Gasteiger partial charge in [0.2, 0.25) is 0 Å². The Kier molecular flexibility index (Phi) is 3.89. The van der Waals surface area contributed by atoms with Gasteiger partial charge in [-0.05, 0) is 39.3 Å². The van der Waals surface area contributed by atoms with Gasteiger partial charge in [0.15, 0.2) is 0 Å². The number of hydrogen-bond donors (Lipinski definition) is 1. The first-order valence-electron chi connectivity index (χ1n) is 7.55. The van der Waals surface area contributed by atoms with Gasteiger partial charge in [0.25, 0.3) is 0 Å². The molecule has 18 heavy (non-hydrogen) atoms. The topological polar surface area (TPSA) is 27.7 Å². The minimum atomic E-state index is 0.190. The minimum Gasteiger partial charge on any atom is -0.369 e. The van der Waals surface area contributed by atoms with Crippen molar-refractivity contribution in [3.05, 3.63) is 0 Å². The van der Waals surface area contributed by atoms with Gasteiger partial charge in [0, 0.05) is 39.3 Å². The molecule has 3 saturated heterocycles. The van der Waals surface area contributed by atoms with E-state index in [4.69, 9.17) is 4.74 Å². The lowest BCUT2D eigenvalue weighted by Gasteiger charge is -2.41. The lowest BCUT2D eigenvalue weighted by Crippen LogP contribution is -2.50. The van der Waals surface area contributed by atoms with Crippen molar-refractivity contribution in [2.24, 2.45) is 0 Å². The van der Waals surface area contributed by atoms with E-state index in [0.717, 1.165) is 19.6 Å². The first-order chi connectivity index (χ1) is 8.76. The van der Waals surface area contributed by atoms with E-state index in [1.165, 1.54) is 51.9 Å². The summed E-state index contributed by atoms with van der Waals surface area (Å²) in [6.07, 6.45) is 5.56. The Balaban J connectivity index is 1.50. The fraction of sp³-hybridized carbons (Fsp3) is 1.00. The number of ether oxygens (including phenoxy) is 1. The second-order valence-corrected chi connectivity index (χ2v) is 6.35. The summed E-state index contributed by atoms with van der Waals surface area (Å²) < 4.78 is 6.45. The number of likely N-dealkylation sites (N-methyl/N-ethyl adjacent to an activating group) is 1. The molecule has 0 aliphatic carbocycles. The Hall–Kier alpha value is -0.160. The Labute approximate surface area is 111 Å².